The van der Waals surface area contributed by atoms with E-state index in [9.17, 15) is 9.59 Å². The fourth-order valence-electron chi connectivity index (χ4n) is 4.41. The van der Waals surface area contributed by atoms with E-state index in [1.165, 1.54) is 18.4 Å². The van der Waals surface area contributed by atoms with Gasteiger partial charge in [0.2, 0.25) is 0 Å². The number of methoxy groups -OCH3 is 1. The number of thiazole rings is 1. The molecule has 0 saturated heterocycles. The number of rotatable bonds is 5. The number of hydrogen-bond acceptors (Lipinski definition) is 6. The van der Waals surface area contributed by atoms with Crippen LogP contribution in [0.3, 0.4) is 0 Å². The lowest BCUT2D eigenvalue weighted by Crippen LogP contribution is -2.40. The Morgan fingerprint density at radius 2 is 1.91 bits per heavy atom. The maximum Gasteiger partial charge on any atom is 0.338 e. The predicted molar refractivity (Wildman–Crippen MR) is 136 cm³/mol. The van der Waals surface area contributed by atoms with Gasteiger partial charge in [-0.25, -0.2) is 9.79 Å². The van der Waals surface area contributed by atoms with Crippen LogP contribution >= 0.6 is 11.3 Å². The number of H-pyrrole nitrogens is 1. The first-order valence-electron chi connectivity index (χ1n) is 11.3. The van der Waals surface area contributed by atoms with E-state index in [2.05, 4.69) is 9.98 Å². The molecule has 1 atom stereocenters. The minimum absolute atomic E-state index is 0.0829. The molecular formula is C27H25N3O4S. The van der Waals surface area contributed by atoms with Crippen LogP contribution in [0.4, 0.5) is 0 Å². The first-order chi connectivity index (χ1) is 16.9. The fourth-order valence-corrected chi connectivity index (χ4v) is 5.45. The Kier molecular flexibility index (Phi) is 5.90. The number of aromatic amines is 1. The Hall–Kier alpha value is -3.91. The van der Waals surface area contributed by atoms with Crippen molar-refractivity contribution < 1.29 is 14.3 Å². The Balaban J connectivity index is 1.77. The first kappa shape index (κ1) is 22.9. The minimum atomic E-state index is -0.723. The molecule has 3 heterocycles. The Morgan fingerprint density at radius 1 is 1.17 bits per heavy atom. The average Bonchev–Trinajstić information content (AvgIpc) is 3.38. The molecule has 0 saturated carbocycles. The second-order valence-electron chi connectivity index (χ2n) is 8.57. The highest BCUT2D eigenvalue weighted by Crippen LogP contribution is 2.36. The van der Waals surface area contributed by atoms with Crippen molar-refractivity contribution in [3.05, 3.63) is 96.8 Å². The number of carbonyl (C=O) groups is 1. The van der Waals surface area contributed by atoms with Crippen molar-refractivity contribution in [3.63, 3.8) is 0 Å². The normalized spacial score (nSPS) is 15.9. The first-order valence-corrected chi connectivity index (χ1v) is 12.1. The highest BCUT2D eigenvalue weighted by atomic mass is 32.1. The summed E-state index contributed by atoms with van der Waals surface area (Å²) >= 11 is 1.30. The molecule has 178 valence electrons. The Bertz CT molecular complexity index is 1660. The third kappa shape index (κ3) is 4.00. The topological polar surface area (TPSA) is 85.7 Å². The lowest BCUT2D eigenvalue weighted by atomic mass is 9.95. The summed E-state index contributed by atoms with van der Waals surface area (Å²) in [4.78, 5) is 35.1. The molecule has 0 fully saturated rings. The Morgan fingerprint density at radius 3 is 2.69 bits per heavy atom. The Labute approximate surface area is 205 Å². The van der Waals surface area contributed by atoms with E-state index in [1.807, 2.05) is 74.7 Å². The molecule has 0 amide bonds. The van der Waals surface area contributed by atoms with Gasteiger partial charge in [-0.05, 0) is 39.0 Å². The monoisotopic (exact) mass is 487 g/mol. The summed E-state index contributed by atoms with van der Waals surface area (Å²) in [5, 5.41) is 1.02. The van der Waals surface area contributed by atoms with E-state index in [-0.39, 0.29) is 11.7 Å². The molecule has 7 nitrogen and oxygen atoms in total. The third-order valence-electron chi connectivity index (χ3n) is 5.91. The lowest BCUT2D eigenvalue weighted by molar-refractivity contribution is -0.136. The van der Waals surface area contributed by atoms with E-state index < -0.39 is 12.0 Å². The minimum Gasteiger partial charge on any atom is -0.491 e. The summed E-state index contributed by atoms with van der Waals surface area (Å²) in [6.45, 7) is 5.64. The third-order valence-corrected chi connectivity index (χ3v) is 6.89. The molecule has 1 N–H and O–H groups in total. The summed E-state index contributed by atoms with van der Waals surface area (Å²) in [5.41, 5.74) is 3.22. The van der Waals surface area contributed by atoms with Crippen LogP contribution in [0.15, 0.2) is 75.8 Å². The number of benzene rings is 2. The number of ether oxygens (including phenoxy) is 2. The summed E-state index contributed by atoms with van der Waals surface area (Å²) in [7, 11) is 1.33. The van der Waals surface area contributed by atoms with Crippen molar-refractivity contribution in [1.82, 2.24) is 9.55 Å². The molecule has 1 unspecified atom stereocenters. The number of esters is 1. The van der Waals surface area contributed by atoms with Gasteiger partial charge in [0, 0.05) is 28.2 Å². The van der Waals surface area contributed by atoms with Crippen LogP contribution in [0.25, 0.3) is 17.0 Å². The van der Waals surface area contributed by atoms with Crippen LogP contribution in [0.5, 0.6) is 5.75 Å². The molecule has 2 aromatic carbocycles. The number of fused-ring (bicyclic) bond motifs is 2. The van der Waals surface area contributed by atoms with E-state index in [0.717, 1.165) is 16.5 Å². The van der Waals surface area contributed by atoms with Gasteiger partial charge >= 0.3 is 5.97 Å². The van der Waals surface area contributed by atoms with Crippen LogP contribution in [0, 0.1) is 0 Å². The number of hydrogen-bond donors (Lipinski definition) is 1. The van der Waals surface area contributed by atoms with Gasteiger partial charge in [0.25, 0.3) is 5.56 Å². The van der Waals surface area contributed by atoms with Gasteiger partial charge in [-0.15, -0.1) is 0 Å². The van der Waals surface area contributed by atoms with Crippen LogP contribution in [-0.4, -0.2) is 28.7 Å². The zero-order valence-corrected chi connectivity index (χ0v) is 20.7. The number of allylic oxidation sites excluding steroid dienone is 1. The lowest BCUT2D eigenvalue weighted by Gasteiger charge is -2.26. The summed E-state index contributed by atoms with van der Waals surface area (Å²) in [5.74, 6) is 0.0799. The van der Waals surface area contributed by atoms with Gasteiger partial charge < -0.3 is 14.5 Å². The van der Waals surface area contributed by atoms with Crippen molar-refractivity contribution in [1.29, 1.82) is 0 Å². The van der Waals surface area contributed by atoms with Gasteiger partial charge in [0.05, 0.1) is 29.0 Å². The van der Waals surface area contributed by atoms with E-state index in [1.54, 1.807) is 11.5 Å². The van der Waals surface area contributed by atoms with E-state index >= 15 is 0 Å². The summed E-state index contributed by atoms with van der Waals surface area (Å²) < 4.78 is 13.3. The molecule has 35 heavy (non-hydrogen) atoms. The molecule has 5 rings (SSSR count). The van der Waals surface area contributed by atoms with Gasteiger partial charge in [-0.1, -0.05) is 47.7 Å². The van der Waals surface area contributed by atoms with Gasteiger partial charge in [0.15, 0.2) is 4.80 Å². The van der Waals surface area contributed by atoms with Crippen LogP contribution in [0.1, 0.15) is 37.9 Å². The van der Waals surface area contributed by atoms with Crippen molar-refractivity contribution in [2.45, 2.75) is 32.9 Å². The number of para-hydroxylation sites is 2. The standard InChI is InChI=1S/C27H25N3O4S/c1-15(2)34-21-12-8-6-10-19(21)24-23(26(32)33-4)16(3)29-27-30(24)25(31)22(35-27)13-17-14-28-20-11-7-5-9-18(17)20/h5-15,24,28H,1-4H3. The SMILES string of the molecule is COC(=O)C1=C(C)N=c2sc(=Cc3c[nH]c4ccccc34)c(=O)n2C1c1ccccc1OC(C)C. The molecule has 8 heteroatoms. The average molecular weight is 488 g/mol. The van der Waals surface area contributed by atoms with Crippen molar-refractivity contribution in [2.75, 3.05) is 7.11 Å². The smallest absolute Gasteiger partial charge is 0.338 e. The summed E-state index contributed by atoms with van der Waals surface area (Å²) in [6, 6.07) is 14.7. The molecule has 0 bridgehead atoms. The maximum absolute atomic E-state index is 13.8. The van der Waals surface area contributed by atoms with Crippen LogP contribution in [0.2, 0.25) is 0 Å². The molecule has 1 aliphatic rings. The van der Waals surface area contributed by atoms with Crippen LogP contribution < -0.4 is 19.6 Å². The summed E-state index contributed by atoms with van der Waals surface area (Å²) in [6.07, 6.45) is 3.67. The molecule has 2 aromatic heterocycles. The van der Waals surface area contributed by atoms with Crippen molar-refractivity contribution in [3.8, 4) is 5.75 Å². The molecule has 0 spiro atoms. The predicted octanol–water partition coefficient (Wildman–Crippen LogP) is 3.68. The molecule has 4 aromatic rings. The van der Waals surface area contributed by atoms with Crippen molar-refractivity contribution >= 4 is 34.3 Å². The largest absolute Gasteiger partial charge is 0.491 e. The van der Waals surface area contributed by atoms with E-state index in [4.69, 9.17) is 9.47 Å². The fraction of sp³-hybridized carbons (Fsp3) is 0.222. The van der Waals surface area contributed by atoms with Crippen LogP contribution in [-0.2, 0) is 9.53 Å². The number of nitrogens with one attached hydrogen (secondary N) is 1. The molecule has 0 aliphatic carbocycles. The van der Waals surface area contributed by atoms with E-state index in [0.29, 0.717) is 31.9 Å². The zero-order chi connectivity index (χ0) is 24.7. The zero-order valence-electron chi connectivity index (χ0n) is 19.9. The second-order valence-corrected chi connectivity index (χ2v) is 9.58. The quantitative estimate of drug-likeness (QED) is 0.435. The molecule has 0 radical (unpaired) electrons. The van der Waals surface area contributed by atoms with Gasteiger partial charge in [-0.2, -0.15) is 0 Å². The maximum atomic E-state index is 13.8. The van der Waals surface area contributed by atoms with Gasteiger partial charge in [0.1, 0.15) is 11.8 Å². The highest BCUT2D eigenvalue weighted by Gasteiger charge is 2.34. The van der Waals surface area contributed by atoms with Crippen molar-refractivity contribution in [2.24, 2.45) is 4.99 Å². The number of aromatic nitrogens is 2. The molecule has 1 aliphatic heterocycles. The molecular weight excluding hydrogens is 462 g/mol. The van der Waals surface area contributed by atoms with Gasteiger partial charge in [-0.3, -0.25) is 9.36 Å². The number of nitrogens with zero attached hydrogens (tertiary/aromatic N) is 2. The number of carbonyl (C=O) groups excluding carboxylic acids is 1. The second kappa shape index (κ2) is 9.03. The highest BCUT2D eigenvalue weighted by molar-refractivity contribution is 7.07.